The predicted molar refractivity (Wildman–Crippen MR) is 90.2 cm³/mol. The van der Waals surface area contributed by atoms with E-state index in [0.29, 0.717) is 5.25 Å². The normalized spacial score (nSPS) is 16.1. The number of hydrogen-bond acceptors (Lipinski definition) is 3. The van der Waals surface area contributed by atoms with Crippen LogP contribution >= 0.6 is 23.4 Å². The highest BCUT2D eigenvalue weighted by atomic mass is 35.5. The van der Waals surface area contributed by atoms with Crippen molar-refractivity contribution in [3.8, 4) is 0 Å². The maximum Gasteiger partial charge on any atom is 0.0545 e. The van der Waals surface area contributed by atoms with Crippen LogP contribution in [0.3, 0.4) is 0 Å². The molecule has 0 fully saturated rings. The summed E-state index contributed by atoms with van der Waals surface area (Å²) in [6.45, 7) is 4.27. The van der Waals surface area contributed by atoms with Gasteiger partial charge in [-0.3, -0.25) is 4.98 Å². The molecule has 21 heavy (non-hydrogen) atoms. The van der Waals surface area contributed by atoms with E-state index in [2.05, 4.69) is 29.4 Å². The summed E-state index contributed by atoms with van der Waals surface area (Å²) in [5.41, 5.74) is 3.95. The molecule has 110 valence electrons. The Kier molecular flexibility index (Phi) is 4.84. The molecule has 1 unspecified atom stereocenters. The average molecular weight is 319 g/mol. The van der Waals surface area contributed by atoms with Crippen LogP contribution in [0.15, 0.2) is 41.4 Å². The first-order valence-corrected chi connectivity index (χ1v) is 8.60. The van der Waals surface area contributed by atoms with Crippen LogP contribution in [-0.2, 0) is 12.8 Å². The molecule has 0 amide bonds. The molecule has 1 aliphatic rings. The predicted octanol–water partition coefficient (Wildman–Crippen LogP) is 4.28. The number of pyridine rings is 1. The number of rotatable bonds is 3. The number of nitrogens with zero attached hydrogens (tertiary/aromatic N) is 1. The van der Waals surface area contributed by atoms with Crippen molar-refractivity contribution in [2.24, 2.45) is 0 Å². The molecule has 4 heteroatoms. The molecule has 1 aliphatic heterocycles. The molecule has 1 aromatic heterocycles. The zero-order valence-corrected chi connectivity index (χ0v) is 13.7. The lowest BCUT2D eigenvalue weighted by Gasteiger charge is -2.17. The van der Waals surface area contributed by atoms with Crippen LogP contribution in [0.1, 0.15) is 29.0 Å². The lowest BCUT2D eigenvalue weighted by atomic mass is 10.0. The Hall–Kier alpha value is -1.03. The van der Waals surface area contributed by atoms with Crippen LogP contribution < -0.4 is 5.32 Å². The number of hydrogen-bond donors (Lipinski definition) is 1. The molecule has 1 atom stereocenters. The summed E-state index contributed by atoms with van der Waals surface area (Å²) in [5, 5.41) is 4.62. The molecular weight excluding hydrogens is 300 g/mol. The van der Waals surface area contributed by atoms with Crippen LogP contribution in [0.2, 0.25) is 5.02 Å². The lowest BCUT2D eigenvalue weighted by molar-refractivity contribution is 0.709. The molecule has 2 nitrogen and oxygen atoms in total. The van der Waals surface area contributed by atoms with Gasteiger partial charge in [0.05, 0.1) is 10.7 Å². The molecule has 0 saturated carbocycles. The zero-order chi connectivity index (χ0) is 14.7. The molecular formula is C17H19ClN2S. The third-order valence-electron chi connectivity index (χ3n) is 3.83. The van der Waals surface area contributed by atoms with E-state index in [1.54, 1.807) is 0 Å². The van der Waals surface area contributed by atoms with Crippen molar-refractivity contribution in [2.45, 2.75) is 29.9 Å². The summed E-state index contributed by atoms with van der Waals surface area (Å²) >= 11 is 8.31. The fraction of sp³-hybridized carbons (Fsp3) is 0.353. The second-order valence-electron chi connectivity index (χ2n) is 5.28. The fourth-order valence-corrected chi connectivity index (χ4v) is 4.17. The minimum Gasteiger partial charge on any atom is -0.316 e. The smallest absolute Gasteiger partial charge is 0.0545 e. The van der Waals surface area contributed by atoms with Crippen molar-refractivity contribution < 1.29 is 0 Å². The molecule has 0 bridgehead atoms. The number of nitrogens with one attached hydrogen (secondary N) is 1. The standard InChI is InChI=1S/C17H19ClN2S/c1-12(16-4-2-3-9-20-16)21-17-14-8-11-19-10-7-13(14)5-6-15(17)18/h2-6,9,12,19H,7-8,10-11H2,1H3. The molecule has 0 saturated heterocycles. The van der Waals surface area contributed by atoms with E-state index in [4.69, 9.17) is 11.6 Å². The monoisotopic (exact) mass is 318 g/mol. The first kappa shape index (κ1) is 14.9. The SMILES string of the molecule is CC(Sc1c(Cl)ccc2c1CCNCC2)c1ccccn1. The van der Waals surface area contributed by atoms with Crippen LogP contribution in [0, 0.1) is 0 Å². The number of aromatic nitrogens is 1. The van der Waals surface area contributed by atoms with Crippen molar-refractivity contribution in [3.63, 3.8) is 0 Å². The van der Waals surface area contributed by atoms with Gasteiger partial charge in [-0.25, -0.2) is 0 Å². The van der Waals surface area contributed by atoms with Crippen molar-refractivity contribution in [3.05, 3.63) is 58.4 Å². The molecule has 2 aromatic rings. The van der Waals surface area contributed by atoms with Gasteiger partial charge in [-0.15, -0.1) is 11.8 Å². The van der Waals surface area contributed by atoms with E-state index < -0.39 is 0 Å². The Morgan fingerprint density at radius 3 is 2.86 bits per heavy atom. The highest BCUT2D eigenvalue weighted by Crippen LogP contribution is 2.41. The van der Waals surface area contributed by atoms with Gasteiger partial charge in [0.1, 0.15) is 0 Å². The summed E-state index contributed by atoms with van der Waals surface area (Å²) in [6.07, 6.45) is 3.98. The third kappa shape index (κ3) is 3.42. The molecule has 0 spiro atoms. The van der Waals surface area contributed by atoms with E-state index in [1.807, 2.05) is 36.2 Å². The largest absolute Gasteiger partial charge is 0.316 e. The second-order valence-corrected chi connectivity index (χ2v) is 7.04. The van der Waals surface area contributed by atoms with Gasteiger partial charge in [0.2, 0.25) is 0 Å². The van der Waals surface area contributed by atoms with Gasteiger partial charge in [0, 0.05) is 16.3 Å². The number of thioether (sulfide) groups is 1. The Labute approximate surface area is 135 Å². The van der Waals surface area contributed by atoms with Crippen molar-refractivity contribution in [1.82, 2.24) is 10.3 Å². The second kappa shape index (κ2) is 6.82. The fourth-order valence-electron chi connectivity index (χ4n) is 2.69. The Morgan fingerprint density at radius 2 is 2.05 bits per heavy atom. The summed E-state index contributed by atoms with van der Waals surface area (Å²) in [5.74, 6) is 0. The average Bonchev–Trinajstić information content (AvgIpc) is 2.76. The van der Waals surface area contributed by atoms with Crippen molar-refractivity contribution in [1.29, 1.82) is 0 Å². The summed E-state index contributed by atoms with van der Waals surface area (Å²) < 4.78 is 0. The first-order chi connectivity index (χ1) is 10.3. The zero-order valence-electron chi connectivity index (χ0n) is 12.1. The minimum absolute atomic E-state index is 0.298. The van der Waals surface area contributed by atoms with Crippen LogP contribution in [0.5, 0.6) is 0 Å². The van der Waals surface area contributed by atoms with Gasteiger partial charge < -0.3 is 5.32 Å². The van der Waals surface area contributed by atoms with Gasteiger partial charge in [0.25, 0.3) is 0 Å². The van der Waals surface area contributed by atoms with Gasteiger partial charge in [-0.05, 0) is 62.2 Å². The number of benzene rings is 1. The minimum atomic E-state index is 0.298. The Balaban J connectivity index is 1.91. The van der Waals surface area contributed by atoms with Crippen LogP contribution in [0.25, 0.3) is 0 Å². The van der Waals surface area contributed by atoms with E-state index in [-0.39, 0.29) is 0 Å². The molecule has 0 aliphatic carbocycles. The highest BCUT2D eigenvalue weighted by molar-refractivity contribution is 7.99. The molecule has 2 heterocycles. The summed E-state index contributed by atoms with van der Waals surface area (Å²) in [4.78, 5) is 5.69. The Bertz CT molecular complexity index is 616. The topological polar surface area (TPSA) is 24.9 Å². The van der Waals surface area contributed by atoms with Gasteiger partial charge >= 0.3 is 0 Å². The Morgan fingerprint density at radius 1 is 1.19 bits per heavy atom. The van der Waals surface area contributed by atoms with Gasteiger partial charge in [-0.2, -0.15) is 0 Å². The highest BCUT2D eigenvalue weighted by Gasteiger charge is 2.18. The molecule has 1 aromatic carbocycles. The summed E-state index contributed by atoms with van der Waals surface area (Å²) in [7, 11) is 0. The van der Waals surface area contributed by atoms with Crippen molar-refractivity contribution in [2.75, 3.05) is 13.1 Å². The van der Waals surface area contributed by atoms with E-state index >= 15 is 0 Å². The van der Waals surface area contributed by atoms with E-state index in [9.17, 15) is 0 Å². The maximum atomic E-state index is 6.48. The van der Waals surface area contributed by atoms with E-state index in [1.165, 1.54) is 16.0 Å². The molecule has 1 N–H and O–H groups in total. The van der Waals surface area contributed by atoms with E-state index in [0.717, 1.165) is 36.6 Å². The number of halogens is 1. The van der Waals surface area contributed by atoms with Crippen molar-refractivity contribution >= 4 is 23.4 Å². The maximum absolute atomic E-state index is 6.48. The number of fused-ring (bicyclic) bond motifs is 1. The van der Waals surface area contributed by atoms with Crippen LogP contribution in [-0.4, -0.2) is 18.1 Å². The molecule has 3 rings (SSSR count). The van der Waals surface area contributed by atoms with Crippen LogP contribution in [0.4, 0.5) is 0 Å². The van der Waals surface area contributed by atoms with Gasteiger partial charge in [0.15, 0.2) is 0 Å². The third-order valence-corrected chi connectivity index (χ3v) is 5.56. The summed E-state index contributed by atoms with van der Waals surface area (Å²) in [6, 6.07) is 10.3. The lowest BCUT2D eigenvalue weighted by Crippen LogP contribution is -2.16. The quantitative estimate of drug-likeness (QED) is 0.855. The van der Waals surface area contributed by atoms with Gasteiger partial charge in [-0.1, -0.05) is 23.7 Å². The molecule has 0 radical (unpaired) electrons. The first-order valence-electron chi connectivity index (χ1n) is 7.34.